The summed E-state index contributed by atoms with van der Waals surface area (Å²) in [4.78, 5) is 13.1. The van der Waals surface area contributed by atoms with Crippen molar-refractivity contribution >= 4 is 33.2 Å². The highest BCUT2D eigenvalue weighted by atomic mass is 32.1. The fourth-order valence-corrected chi connectivity index (χ4v) is 4.98. The van der Waals surface area contributed by atoms with Gasteiger partial charge in [-0.2, -0.15) is 0 Å². The predicted octanol–water partition coefficient (Wildman–Crippen LogP) is 4.96. The van der Waals surface area contributed by atoms with Gasteiger partial charge in [-0.05, 0) is 37.6 Å². The lowest BCUT2D eigenvalue weighted by molar-refractivity contribution is -0.0348. The van der Waals surface area contributed by atoms with Gasteiger partial charge in [-0.3, -0.25) is 4.90 Å². The second-order valence-electron chi connectivity index (χ2n) is 8.11. The van der Waals surface area contributed by atoms with E-state index in [1.54, 1.807) is 11.3 Å². The molecule has 0 bridgehead atoms. The van der Waals surface area contributed by atoms with Gasteiger partial charge in [-0.15, -0.1) is 11.3 Å². The molecule has 4 aromatic rings. The van der Waals surface area contributed by atoms with Crippen molar-refractivity contribution in [3.8, 4) is 0 Å². The average molecular weight is 434 g/mol. The lowest BCUT2D eigenvalue weighted by Gasteiger charge is -2.32. The number of fused-ring (bicyclic) bond motifs is 1. The summed E-state index contributed by atoms with van der Waals surface area (Å²) in [7, 11) is 2.11. The van der Waals surface area contributed by atoms with Gasteiger partial charge in [0.1, 0.15) is 11.9 Å². The Morgan fingerprint density at radius 1 is 1.13 bits per heavy atom. The van der Waals surface area contributed by atoms with Crippen LogP contribution in [-0.4, -0.2) is 39.1 Å². The van der Waals surface area contributed by atoms with Crippen LogP contribution in [-0.2, 0) is 18.3 Å². The standard InChI is InChI=1S/C24H27N5OS/c1-16-17(2)31-24(25-16)27-23-10-6-8-20(26-23)22-15-29(11-12-30-22)14-18-13-28(3)21-9-5-4-7-19(18)21/h4-10,13,22H,11-12,14-15H2,1-3H3,(H,25,26,27)/t22-/m0/s1. The minimum absolute atomic E-state index is 0.0368. The van der Waals surface area contributed by atoms with Crippen molar-refractivity contribution in [3.05, 3.63) is 70.5 Å². The highest BCUT2D eigenvalue weighted by Gasteiger charge is 2.24. The first-order valence-corrected chi connectivity index (χ1v) is 11.4. The van der Waals surface area contributed by atoms with Crippen LogP contribution in [0.3, 0.4) is 0 Å². The van der Waals surface area contributed by atoms with Gasteiger partial charge in [0.15, 0.2) is 5.13 Å². The van der Waals surface area contributed by atoms with Crippen molar-refractivity contribution in [2.45, 2.75) is 26.5 Å². The molecule has 1 aliphatic rings. The molecule has 0 radical (unpaired) electrons. The summed E-state index contributed by atoms with van der Waals surface area (Å²) in [6.07, 6.45) is 2.21. The van der Waals surface area contributed by atoms with Gasteiger partial charge in [0.05, 0.1) is 18.0 Å². The van der Waals surface area contributed by atoms with E-state index < -0.39 is 0 Å². The predicted molar refractivity (Wildman–Crippen MR) is 126 cm³/mol. The average Bonchev–Trinajstić information content (AvgIpc) is 3.26. The van der Waals surface area contributed by atoms with Gasteiger partial charge in [-0.25, -0.2) is 9.97 Å². The zero-order chi connectivity index (χ0) is 21.4. The Bertz CT molecular complexity index is 1190. The number of thiazole rings is 1. The molecule has 1 aliphatic heterocycles. The Kier molecular flexibility index (Phi) is 5.48. The van der Waals surface area contributed by atoms with E-state index in [4.69, 9.17) is 9.72 Å². The molecule has 3 aromatic heterocycles. The van der Waals surface area contributed by atoms with Gasteiger partial charge < -0.3 is 14.6 Å². The Labute approximate surface area is 186 Å². The maximum atomic E-state index is 6.10. The number of pyridine rings is 1. The Balaban J connectivity index is 1.31. The molecule has 4 heterocycles. The Morgan fingerprint density at radius 2 is 2.00 bits per heavy atom. The first kappa shape index (κ1) is 20.2. The number of aryl methyl sites for hydroxylation is 3. The van der Waals surface area contributed by atoms with Crippen LogP contribution in [0.4, 0.5) is 10.9 Å². The summed E-state index contributed by atoms with van der Waals surface area (Å²) in [5.41, 5.74) is 4.65. The number of hydrogen-bond acceptors (Lipinski definition) is 6. The van der Waals surface area contributed by atoms with Crippen molar-refractivity contribution in [1.29, 1.82) is 0 Å². The number of morpholine rings is 1. The summed E-state index contributed by atoms with van der Waals surface area (Å²) in [5.74, 6) is 0.807. The first-order valence-electron chi connectivity index (χ1n) is 10.6. The second kappa shape index (κ2) is 8.42. The van der Waals surface area contributed by atoms with Crippen LogP contribution >= 0.6 is 11.3 Å². The molecule has 5 rings (SSSR count). The van der Waals surface area contributed by atoms with E-state index in [0.717, 1.165) is 42.0 Å². The summed E-state index contributed by atoms with van der Waals surface area (Å²) >= 11 is 1.65. The smallest absolute Gasteiger partial charge is 0.188 e. The van der Waals surface area contributed by atoms with Crippen molar-refractivity contribution in [1.82, 2.24) is 19.4 Å². The number of nitrogens with zero attached hydrogens (tertiary/aromatic N) is 4. The molecule has 7 heteroatoms. The van der Waals surface area contributed by atoms with Gasteiger partial charge in [0, 0.05) is 48.7 Å². The van der Waals surface area contributed by atoms with Crippen LogP contribution in [0.1, 0.15) is 27.9 Å². The monoisotopic (exact) mass is 433 g/mol. The number of hydrogen-bond donors (Lipinski definition) is 1. The van der Waals surface area contributed by atoms with Crippen molar-refractivity contribution in [2.75, 3.05) is 25.0 Å². The second-order valence-corrected chi connectivity index (χ2v) is 9.31. The molecular formula is C24H27N5OS. The largest absolute Gasteiger partial charge is 0.369 e. The summed E-state index contributed by atoms with van der Waals surface area (Å²) < 4.78 is 8.31. The lowest BCUT2D eigenvalue weighted by atomic mass is 10.1. The van der Waals surface area contributed by atoms with Crippen LogP contribution < -0.4 is 5.32 Å². The van der Waals surface area contributed by atoms with Gasteiger partial charge in [-0.1, -0.05) is 24.3 Å². The number of benzene rings is 1. The first-order chi connectivity index (χ1) is 15.1. The highest BCUT2D eigenvalue weighted by Crippen LogP contribution is 2.28. The molecule has 0 saturated carbocycles. The zero-order valence-electron chi connectivity index (χ0n) is 18.1. The SMILES string of the molecule is Cc1nc(Nc2cccc([C@@H]3CN(Cc4cn(C)c5ccccc45)CCO3)n2)sc1C. The van der Waals surface area contributed by atoms with E-state index in [0.29, 0.717) is 6.61 Å². The maximum absolute atomic E-state index is 6.10. The molecule has 0 amide bonds. The molecule has 160 valence electrons. The quantitative estimate of drug-likeness (QED) is 0.482. The van der Waals surface area contributed by atoms with E-state index in [1.165, 1.54) is 21.3 Å². The minimum atomic E-state index is -0.0368. The molecule has 0 unspecified atom stereocenters. The van der Waals surface area contributed by atoms with Crippen LogP contribution in [0.15, 0.2) is 48.7 Å². The minimum Gasteiger partial charge on any atom is -0.369 e. The lowest BCUT2D eigenvalue weighted by Crippen LogP contribution is -2.38. The summed E-state index contributed by atoms with van der Waals surface area (Å²) in [6, 6.07) is 14.7. The van der Waals surface area contributed by atoms with Crippen molar-refractivity contribution < 1.29 is 4.74 Å². The third-order valence-corrected chi connectivity index (χ3v) is 6.88. The summed E-state index contributed by atoms with van der Waals surface area (Å²) in [6.45, 7) is 7.49. The van der Waals surface area contributed by atoms with Crippen LogP contribution in [0, 0.1) is 13.8 Å². The number of anilines is 2. The summed E-state index contributed by atoms with van der Waals surface area (Å²) in [5, 5.41) is 5.55. The molecule has 1 N–H and O–H groups in total. The van der Waals surface area contributed by atoms with Crippen LogP contribution in [0.25, 0.3) is 10.9 Å². The molecule has 0 spiro atoms. The van der Waals surface area contributed by atoms with Crippen molar-refractivity contribution in [2.24, 2.45) is 7.05 Å². The third kappa shape index (κ3) is 4.21. The van der Waals surface area contributed by atoms with Crippen LogP contribution in [0.5, 0.6) is 0 Å². The number of ether oxygens (including phenoxy) is 1. The molecule has 1 aromatic carbocycles. The van der Waals surface area contributed by atoms with Gasteiger partial charge in [0.25, 0.3) is 0 Å². The maximum Gasteiger partial charge on any atom is 0.188 e. The number of nitrogens with one attached hydrogen (secondary N) is 1. The van der Waals surface area contributed by atoms with Gasteiger partial charge in [0.2, 0.25) is 0 Å². The number of para-hydroxylation sites is 1. The molecular weight excluding hydrogens is 406 g/mol. The topological polar surface area (TPSA) is 55.2 Å². The van der Waals surface area contributed by atoms with Crippen LogP contribution in [0.2, 0.25) is 0 Å². The Morgan fingerprint density at radius 3 is 2.84 bits per heavy atom. The normalized spacial score (nSPS) is 17.3. The highest BCUT2D eigenvalue weighted by molar-refractivity contribution is 7.15. The fourth-order valence-electron chi connectivity index (χ4n) is 4.15. The van der Waals surface area contributed by atoms with Crippen molar-refractivity contribution in [3.63, 3.8) is 0 Å². The van der Waals surface area contributed by atoms with Gasteiger partial charge >= 0.3 is 0 Å². The number of rotatable bonds is 5. The molecule has 0 aliphatic carbocycles. The van der Waals surface area contributed by atoms with E-state index in [9.17, 15) is 0 Å². The van der Waals surface area contributed by atoms with E-state index in [2.05, 4.69) is 70.3 Å². The van der Waals surface area contributed by atoms with E-state index >= 15 is 0 Å². The molecule has 31 heavy (non-hydrogen) atoms. The molecule has 6 nitrogen and oxygen atoms in total. The molecule has 1 saturated heterocycles. The van der Waals surface area contributed by atoms with E-state index in [1.807, 2.05) is 19.1 Å². The van der Waals surface area contributed by atoms with E-state index in [-0.39, 0.29) is 6.10 Å². The zero-order valence-corrected chi connectivity index (χ0v) is 18.9. The Hall–Kier alpha value is -2.74. The number of aromatic nitrogens is 3. The molecule has 1 fully saturated rings. The molecule has 1 atom stereocenters. The fraction of sp³-hybridized carbons (Fsp3) is 0.333. The third-order valence-electron chi connectivity index (χ3n) is 5.89.